The first kappa shape index (κ1) is 11.1. The van der Waals surface area contributed by atoms with Gasteiger partial charge < -0.3 is 9.52 Å². The highest BCUT2D eigenvalue weighted by Gasteiger charge is 2.10. The van der Waals surface area contributed by atoms with Crippen molar-refractivity contribution in [3.63, 3.8) is 0 Å². The molecule has 0 aromatic carbocycles. The van der Waals surface area contributed by atoms with Gasteiger partial charge in [0.1, 0.15) is 19.9 Å². The molecule has 0 aliphatic carbocycles. The molecule has 0 radical (unpaired) electrons. The van der Waals surface area contributed by atoms with Gasteiger partial charge in [-0.2, -0.15) is 0 Å². The smallest absolute Gasteiger partial charge is 0.133 e. The Bertz CT molecular complexity index is 324. The Hall–Kier alpha value is -0.983. The quantitative estimate of drug-likeness (QED) is 0.598. The van der Waals surface area contributed by atoms with Gasteiger partial charge in [0.15, 0.2) is 0 Å². The maximum absolute atomic E-state index is 9.63. The van der Waals surface area contributed by atoms with E-state index in [0.29, 0.717) is 12.2 Å². The van der Waals surface area contributed by atoms with E-state index in [9.17, 15) is 5.11 Å². The zero-order chi connectivity index (χ0) is 10.6. The van der Waals surface area contributed by atoms with E-state index in [-0.39, 0.29) is 0 Å². The second kappa shape index (κ2) is 4.49. The van der Waals surface area contributed by atoms with Gasteiger partial charge in [-0.1, -0.05) is 19.6 Å². The molecule has 1 unspecified atom stereocenters. The van der Waals surface area contributed by atoms with Crippen LogP contribution in [-0.4, -0.2) is 13.2 Å². The molecular formula is C11H16O2Si. The molecule has 0 amide bonds. The molecule has 1 N–H and O–H groups in total. The van der Waals surface area contributed by atoms with Gasteiger partial charge in [0.05, 0.1) is 6.26 Å². The van der Waals surface area contributed by atoms with Crippen LogP contribution in [0.25, 0.3) is 0 Å². The van der Waals surface area contributed by atoms with E-state index in [0.717, 1.165) is 0 Å². The largest absolute Gasteiger partial charge is 0.467 e. The number of aliphatic hydroxyl groups excluding tert-OH is 1. The molecule has 0 saturated carbocycles. The van der Waals surface area contributed by atoms with Crippen molar-refractivity contribution in [3.8, 4) is 11.5 Å². The van der Waals surface area contributed by atoms with Gasteiger partial charge in [-0.15, -0.1) is 11.5 Å². The van der Waals surface area contributed by atoms with Crippen molar-refractivity contribution in [2.24, 2.45) is 0 Å². The molecule has 14 heavy (non-hydrogen) atoms. The fraction of sp³-hybridized carbons (Fsp3) is 0.455. The lowest BCUT2D eigenvalue weighted by Gasteiger charge is -2.05. The average Bonchev–Trinajstić information content (AvgIpc) is 2.53. The monoisotopic (exact) mass is 208 g/mol. The molecule has 1 aromatic heterocycles. The number of hydrogen-bond acceptors (Lipinski definition) is 2. The van der Waals surface area contributed by atoms with Gasteiger partial charge in [0.2, 0.25) is 0 Å². The summed E-state index contributed by atoms with van der Waals surface area (Å²) in [6.45, 7) is 6.54. The minimum absolute atomic E-state index is 0.456. The van der Waals surface area contributed by atoms with Crippen LogP contribution < -0.4 is 0 Å². The highest BCUT2D eigenvalue weighted by atomic mass is 28.3. The molecule has 0 fully saturated rings. The normalized spacial score (nSPS) is 13.1. The summed E-state index contributed by atoms with van der Waals surface area (Å²) in [5, 5.41) is 9.63. The summed E-state index contributed by atoms with van der Waals surface area (Å²) >= 11 is 0. The van der Waals surface area contributed by atoms with Crippen LogP contribution in [0.3, 0.4) is 0 Å². The van der Waals surface area contributed by atoms with Crippen molar-refractivity contribution in [2.45, 2.75) is 32.2 Å². The van der Waals surface area contributed by atoms with Gasteiger partial charge in [-0.05, 0) is 12.1 Å². The zero-order valence-corrected chi connectivity index (χ0v) is 9.87. The van der Waals surface area contributed by atoms with E-state index < -0.39 is 14.2 Å². The molecule has 2 nitrogen and oxygen atoms in total. The van der Waals surface area contributed by atoms with Crippen molar-refractivity contribution in [2.75, 3.05) is 0 Å². The Labute approximate surface area is 86.0 Å². The molecule has 1 rings (SSSR count). The topological polar surface area (TPSA) is 33.4 Å². The second-order valence-electron chi connectivity index (χ2n) is 4.29. The van der Waals surface area contributed by atoms with E-state index in [1.165, 1.54) is 0 Å². The fourth-order valence-corrected chi connectivity index (χ4v) is 1.63. The van der Waals surface area contributed by atoms with Crippen LogP contribution in [0, 0.1) is 11.5 Å². The van der Waals surface area contributed by atoms with Gasteiger partial charge >= 0.3 is 0 Å². The summed E-state index contributed by atoms with van der Waals surface area (Å²) in [6.07, 6.45) is 1.43. The third kappa shape index (κ3) is 3.82. The molecule has 1 heterocycles. The summed E-state index contributed by atoms with van der Waals surface area (Å²) in [6, 6.07) is 3.53. The van der Waals surface area contributed by atoms with Gasteiger partial charge in [0, 0.05) is 6.42 Å². The SMILES string of the molecule is C[Si](C)(C)C#CCC(O)c1ccco1. The van der Waals surface area contributed by atoms with E-state index in [1.807, 2.05) is 0 Å². The van der Waals surface area contributed by atoms with Crippen molar-refractivity contribution >= 4 is 8.07 Å². The molecular weight excluding hydrogens is 192 g/mol. The van der Waals surface area contributed by atoms with Crippen molar-refractivity contribution < 1.29 is 9.52 Å². The van der Waals surface area contributed by atoms with Crippen LogP contribution in [-0.2, 0) is 0 Å². The van der Waals surface area contributed by atoms with Crippen LogP contribution >= 0.6 is 0 Å². The van der Waals surface area contributed by atoms with Crippen LogP contribution in [0.4, 0.5) is 0 Å². The molecule has 0 aliphatic rings. The number of furan rings is 1. The highest BCUT2D eigenvalue weighted by molar-refractivity contribution is 6.83. The summed E-state index contributed by atoms with van der Waals surface area (Å²) in [5.74, 6) is 3.61. The summed E-state index contributed by atoms with van der Waals surface area (Å²) in [5.41, 5.74) is 3.20. The van der Waals surface area contributed by atoms with Gasteiger partial charge in [-0.3, -0.25) is 0 Å². The molecule has 0 saturated heterocycles. The summed E-state index contributed by atoms with van der Waals surface area (Å²) in [7, 11) is -1.31. The minimum atomic E-state index is -1.31. The maximum atomic E-state index is 9.63. The summed E-state index contributed by atoms with van der Waals surface area (Å²) in [4.78, 5) is 0. The first-order chi connectivity index (χ1) is 6.49. The Morgan fingerprint density at radius 1 is 1.50 bits per heavy atom. The standard InChI is InChI=1S/C11H16O2Si/c1-14(2,3)9-5-6-10(12)11-7-4-8-13-11/h4,7-8,10,12H,6H2,1-3H3. The molecule has 0 bridgehead atoms. The molecule has 1 aromatic rings. The van der Waals surface area contributed by atoms with E-state index in [2.05, 4.69) is 31.1 Å². The van der Waals surface area contributed by atoms with E-state index in [1.54, 1.807) is 18.4 Å². The number of aliphatic hydroxyl groups is 1. The van der Waals surface area contributed by atoms with Crippen molar-refractivity contribution in [1.29, 1.82) is 0 Å². The number of rotatable bonds is 2. The molecule has 3 heteroatoms. The van der Waals surface area contributed by atoms with Crippen LogP contribution in [0.2, 0.25) is 19.6 Å². The summed E-state index contributed by atoms with van der Waals surface area (Å²) < 4.78 is 5.07. The molecule has 76 valence electrons. The van der Waals surface area contributed by atoms with Crippen LogP contribution in [0.1, 0.15) is 18.3 Å². The lowest BCUT2D eigenvalue weighted by molar-refractivity contribution is 0.155. The van der Waals surface area contributed by atoms with Crippen LogP contribution in [0.5, 0.6) is 0 Å². The zero-order valence-electron chi connectivity index (χ0n) is 8.87. The predicted octanol–water partition coefficient (Wildman–Crippen LogP) is 2.58. The van der Waals surface area contributed by atoms with E-state index in [4.69, 9.17) is 4.42 Å². The van der Waals surface area contributed by atoms with Crippen LogP contribution in [0.15, 0.2) is 22.8 Å². The third-order valence-electron chi connectivity index (χ3n) is 1.63. The second-order valence-corrected chi connectivity index (χ2v) is 9.04. The molecule has 1 atom stereocenters. The number of hydrogen-bond donors (Lipinski definition) is 1. The van der Waals surface area contributed by atoms with Crippen molar-refractivity contribution in [3.05, 3.63) is 24.2 Å². The first-order valence-electron chi connectivity index (χ1n) is 4.70. The first-order valence-corrected chi connectivity index (χ1v) is 8.20. The predicted molar refractivity (Wildman–Crippen MR) is 59.4 cm³/mol. The molecule has 0 aliphatic heterocycles. The Morgan fingerprint density at radius 3 is 2.71 bits per heavy atom. The third-order valence-corrected chi connectivity index (χ3v) is 2.56. The van der Waals surface area contributed by atoms with Gasteiger partial charge in [0.25, 0.3) is 0 Å². The van der Waals surface area contributed by atoms with Gasteiger partial charge in [-0.25, -0.2) is 0 Å². The van der Waals surface area contributed by atoms with E-state index >= 15 is 0 Å². The Kier molecular flexibility index (Phi) is 3.56. The molecule has 0 spiro atoms. The maximum Gasteiger partial charge on any atom is 0.133 e. The minimum Gasteiger partial charge on any atom is -0.467 e. The Morgan fingerprint density at radius 2 is 2.21 bits per heavy atom. The fourth-order valence-electron chi connectivity index (χ4n) is 0.994. The van der Waals surface area contributed by atoms with Crippen molar-refractivity contribution in [1.82, 2.24) is 0 Å². The lowest BCUT2D eigenvalue weighted by Crippen LogP contribution is -2.16. The Balaban J connectivity index is 2.50. The average molecular weight is 208 g/mol. The lowest BCUT2D eigenvalue weighted by atomic mass is 10.2. The highest BCUT2D eigenvalue weighted by Crippen LogP contribution is 2.15.